The number of fused-ring (bicyclic) bond motifs is 1. The summed E-state index contributed by atoms with van der Waals surface area (Å²) in [5.74, 6) is 0.738. The van der Waals surface area contributed by atoms with E-state index in [0.717, 1.165) is 22.5 Å². The van der Waals surface area contributed by atoms with Gasteiger partial charge >= 0.3 is 0 Å². The summed E-state index contributed by atoms with van der Waals surface area (Å²) in [6.07, 6.45) is 1.79. The minimum atomic E-state index is 0.413. The summed E-state index contributed by atoms with van der Waals surface area (Å²) in [5, 5.41) is 9.16. The van der Waals surface area contributed by atoms with Crippen molar-refractivity contribution in [2.75, 3.05) is 5.73 Å². The van der Waals surface area contributed by atoms with Crippen LogP contribution in [0.2, 0.25) is 0 Å². The molecule has 1 aromatic carbocycles. The maximum Gasteiger partial charge on any atom is 0.166 e. The van der Waals surface area contributed by atoms with Crippen molar-refractivity contribution < 1.29 is 0 Å². The first kappa shape index (κ1) is 11.3. The fourth-order valence-electron chi connectivity index (χ4n) is 2.17. The Hall–Kier alpha value is -2.80. The average molecular weight is 248 g/mol. The fourth-order valence-corrected chi connectivity index (χ4v) is 2.17. The SMILES string of the molecule is Cc1cccc(-c2nc(C#N)c3ccc(N)cn23)c1. The second-order valence-electron chi connectivity index (χ2n) is 4.48. The first-order valence-corrected chi connectivity index (χ1v) is 5.94. The van der Waals surface area contributed by atoms with Gasteiger partial charge in [-0.2, -0.15) is 5.26 Å². The van der Waals surface area contributed by atoms with Gasteiger partial charge in [-0.3, -0.25) is 4.40 Å². The lowest BCUT2D eigenvalue weighted by atomic mass is 10.1. The van der Waals surface area contributed by atoms with Gasteiger partial charge in [-0.05, 0) is 25.1 Å². The summed E-state index contributed by atoms with van der Waals surface area (Å²) in [5.41, 5.74) is 9.77. The smallest absolute Gasteiger partial charge is 0.166 e. The van der Waals surface area contributed by atoms with E-state index < -0.39 is 0 Å². The third-order valence-electron chi connectivity index (χ3n) is 3.04. The van der Waals surface area contributed by atoms with Crippen molar-refractivity contribution in [2.24, 2.45) is 0 Å². The number of anilines is 1. The standard InChI is InChI=1S/C15H12N4/c1-10-3-2-4-11(7-10)15-18-13(8-16)14-6-5-12(17)9-19(14)15/h2-7,9H,17H2,1H3. The Bertz CT molecular complexity index is 809. The van der Waals surface area contributed by atoms with E-state index in [0.29, 0.717) is 11.4 Å². The van der Waals surface area contributed by atoms with Crippen LogP contribution in [0.4, 0.5) is 5.69 Å². The van der Waals surface area contributed by atoms with Crippen LogP contribution in [0, 0.1) is 18.3 Å². The number of nitriles is 1. The number of aromatic nitrogens is 2. The van der Waals surface area contributed by atoms with E-state index in [9.17, 15) is 0 Å². The molecule has 2 N–H and O–H groups in total. The lowest BCUT2D eigenvalue weighted by Crippen LogP contribution is -1.93. The van der Waals surface area contributed by atoms with Crippen LogP contribution >= 0.6 is 0 Å². The van der Waals surface area contributed by atoms with Gasteiger partial charge in [0.25, 0.3) is 0 Å². The molecule has 0 aliphatic rings. The molecular formula is C15H12N4. The van der Waals surface area contributed by atoms with E-state index in [2.05, 4.69) is 11.1 Å². The Morgan fingerprint density at radius 3 is 2.84 bits per heavy atom. The number of benzene rings is 1. The lowest BCUT2D eigenvalue weighted by Gasteiger charge is -2.03. The summed E-state index contributed by atoms with van der Waals surface area (Å²) >= 11 is 0. The minimum Gasteiger partial charge on any atom is -0.398 e. The van der Waals surface area contributed by atoms with Crippen molar-refractivity contribution in [1.82, 2.24) is 9.38 Å². The molecule has 0 amide bonds. The van der Waals surface area contributed by atoms with E-state index in [1.807, 2.05) is 41.7 Å². The molecule has 0 aliphatic carbocycles. The van der Waals surface area contributed by atoms with Crippen molar-refractivity contribution in [1.29, 1.82) is 5.26 Å². The average Bonchev–Trinajstić information content (AvgIpc) is 2.76. The van der Waals surface area contributed by atoms with Crippen molar-refractivity contribution >= 4 is 11.2 Å². The summed E-state index contributed by atoms with van der Waals surface area (Å²) in [6.45, 7) is 2.03. The third kappa shape index (κ3) is 1.81. The highest BCUT2D eigenvalue weighted by molar-refractivity contribution is 5.70. The highest BCUT2D eigenvalue weighted by Crippen LogP contribution is 2.24. The largest absolute Gasteiger partial charge is 0.398 e. The van der Waals surface area contributed by atoms with E-state index >= 15 is 0 Å². The second-order valence-corrected chi connectivity index (χ2v) is 4.48. The molecule has 0 atom stereocenters. The second kappa shape index (κ2) is 4.14. The Balaban J connectivity index is 2.35. The molecule has 3 rings (SSSR count). The molecule has 0 saturated carbocycles. The monoisotopic (exact) mass is 248 g/mol. The van der Waals surface area contributed by atoms with Gasteiger partial charge in [0.1, 0.15) is 11.9 Å². The number of hydrogen-bond donors (Lipinski definition) is 1. The van der Waals surface area contributed by atoms with Crippen molar-refractivity contribution in [3.05, 3.63) is 53.9 Å². The van der Waals surface area contributed by atoms with E-state index in [4.69, 9.17) is 11.0 Å². The molecule has 3 aromatic rings. The van der Waals surface area contributed by atoms with Gasteiger partial charge in [0.05, 0.1) is 5.52 Å². The number of aryl methyl sites for hydroxylation is 1. The van der Waals surface area contributed by atoms with E-state index in [-0.39, 0.29) is 0 Å². The summed E-state index contributed by atoms with van der Waals surface area (Å²) in [7, 11) is 0. The number of nitrogens with two attached hydrogens (primary N) is 1. The first-order chi connectivity index (χ1) is 9.19. The molecule has 0 unspecified atom stereocenters. The van der Waals surface area contributed by atoms with Crippen LogP contribution < -0.4 is 5.73 Å². The molecule has 0 fully saturated rings. The Kier molecular flexibility index (Phi) is 2.46. The predicted octanol–water partition coefficient (Wildman–Crippen LogP) is 2.76. The minimum absolute atomic E-state index is 0.413. The summed E-state index contributed by atoms with van der Waals surface area (Å²) in [4.78, 5) is 4.41. The number of nitrogen functional groups attached to an aromatic ring is 1. The highest BCUT2D eigenvalue weighted by atomic mass is 15.0. The first-order valence-electron chi connectivity index (χ1n) is 5.94. The van der Waals surface area contributed by atoms with Crippen LogP contribution in [0.25, 0.3) is 16.9 Å². The Morgan fingerprint density at radius 1 is 1.26 bits per heavy atom. The highest BCUT2D eigenvalue weighted by Gasteiger charge is 2.12. The number of hydrogen-bond acceptors (Lipinski definition) is 3. The molecule has 4 heteroatoms. The van der Waals surface area contributed by atoms with Crippen molar-refractivity contribution in [3.8, 4) is 17.5 Å². The van der Waals surface area contributed by atoms with E-state index in [1.165, 1.54) is 0 Å². The Labute approximate surface area is 110 Å². The zero-order valence-corrected chi connectivity index (χ0v) is 10.5. The van der Waals surface area contributed by atoms with Gasteiger partial charge in [-0.1, -0.05) is 23.8 Å². The van der Waals surface area contributed by atoms with Crippen LogP contribution in [0.15, 0.2) is 42.6 Å². The molecular weight excluding hydrogens is 236 g/mol. The number of rotatable bonds is 1. The van der Waals surface area contributed by atoms with Gasteiger partial charge in [-0.25, -0.2) is 4.98 Å². The predicted molar refractivity (Wildman–Crippen MR) is 74.5 cm³/mol. The molecule has 2 aromatic heterocycles. The van der Waals surface area contributed by atoms with Gasteiger partial charge in [0.15, 0.2) is 5.69 Å². The van der Waals surface area contributed by atoms with Crippen LogP contribution in [-0.4, -0.2) is 9.38 Å². The topological polar surface area (TPSA) is 67.1 Å². The molecule has 2 heterocycles. The van der Waals surface area contributed by atoms with Gasteiger partial charge in [0.2, 0.25) is 0 Å². The van der Waals surface area contributed by atoms with Crippen LogP contribution in [-0.2, 0) is 0 Å². The normalized spacial score (nSPS) is 10.5. The van der Waals surface area contributed by atoms with Crippen LogP contribution in [0.3, 0.4) is 0 Å². The molecule has 0 aliphatic heterocycles. The number of imidazole rings is 1. The maximum absolute atomic E-state index is 9.16. The Morgan fingerprint density at radius 2 is 2.11 bits per heavy atom. The van der Waals surface area contributed by atoms with Crippen molar-refractivity contribution in [2.45, 2.75) is 6.92 Å². The number of pyridine rings is 1. The van der Waals surface area contributed by atoms with Gasteiger partial charge in [0, 0.05) is 17.4 Å². The number of nitrogens with zero attached hydrogens (tertiary/aromatic N) is 3. The molecule has 19 heavy (non-hydrogen) atoms. The fraction of sp³-hybridized carbons (Fsp3) is 0.0667. The molecule has 0 saturated heterocycles. The summed E-state index contributed by atoms with van der Waals surface area (Å²) < 4.78 is 1.86. The lowest BCUT2D eigenvalue weighted by molar-refractivity contribution is 1.16. The van der Waals surface area contributed by atoms with E-state index in [1.54, 1.807) is 12.3 Å². The molecule has 4 nitrogen and oxygen atoms in total. The van der Waals surface area contributed by atoms with Gasteiger partial charge < -0.3 is 5.73 Å². The van der Waals surface area contributed by atoms with Crippen molar-refractivity contribution in [3.63, 3.8) is 0 Å². The molecule has 92 valence electrons. The molecule has 0 bridgehead atoms. The van der Waals surface area contributed by atoms with Gasteiger partial charge in [-0.15, -0.1) is 0 Å². The zero-order chi connectivity index (χ0) is 13.4. The third-order valence-corrected chi connectivity index (χ3v) is 3.04. The summed E-state index contributed by atoms with van der Waals surface area (Å²) in [6, 6.07) is 13.7. The molecule has 0 spiro atoms. The zero-order valence-electron chi connectivity index (χ0n) is 10.5. The van der Waals surface area contributed by atoms with Crippen LogP contribution in [0.5, 0.6) is 0 Å². The van der Waals surface area contributed by atoms with Crippen LogP contribution in [0.1, 0.15) is 11.3 Å². The quantitative estimate of drug-likeness (QED) is 0.720. The molecule has 0 radical (unpaired) electrons. The maximum atomic E-state index is 9.16.